The molecule has 19 N–H and O–H groups in total. The Hall–Kier alpha value is -11.9. The van der Waals surface area contributed by atoms with E-state index >= 15 is 9.59 Å². The number of hydrogen-bond donors (Lipinski definition) is 15. The van der Waals surface area contributed by atoms with Crippen molar-refractivity contribution in [3.63, 3.8) is 0 Å². The number of aromatic hydroxyl groups is 1. The molecule has 7 rings (SSSR count). The lowest BCUT2D eigenvalue weighted by atomic mass is 9.99. The largest absolute Gasteiger partial charge is 0.508 e. The molecule has 10 atom stereocenters. The number of fused-ring (bicyclic) bond motifs is 1. The Labute approximate surface area is 614 Å². The molecular formula is C76H96N16O14. The molecule has 0 aliphatic carbocycles. The minimum Gasteiger partial charge on any atom is -0.508 e. The zero-order valence-corrected chi connectivity index (χ0v) is 59.5. The molecule has 106 heavy (non-hydrogen) atoms. The van der Waals surface area contributed by atoms with Crippen LogP contribution in [0.2, 0.25) is 0 Å². The van der Waals surface area contributed by atoms with Crippen molar-refractivity contribution in [3.8, 4) is 5.75 Å². The standard InChI is InChI=1S/C76H96N16O14/c1-46(74(105)106)92(48(3)95)44-56-26-17-37-91(56)73(104)59(28-16-36-82-76(79)80)85-69(100)61(39-49-18-7-4-8-19-49)86-66(97)58(27-15-35-81-75(77)78)84-68(99)64(42-52-30-33-57(96)34-31-52)89-72(103)65(45-93)90-71(102)63(41-51-22-11-6-12-23-51)88-70(101)62(40-50-20-9-5-10-21-50)87-67(98)60(83-47(2)94)43-53-29-32-54-24-13-14-25-55(54)38-53/h4-14,18-25,29-34,38,46,56,58-65,93,96H,15-17,26-28,35-37,39-45H2,1-3H3,(H,83,94)(H,84,99)(H,85,100)(H,86,97)(H,87,98)(H,88,101)(H,89,103)(H,90,102)(H,105,106)(H4,77,78,81)(H4,79,80,82)/t46-,56+,58-,59-,60-,61-,62-,63-,64-,65-/m0/s1. The first-order valence-corrected chi connectivity index (χ1v) is 35.0. The number of phenolic OH excluding ortho intramolecular Hbond substituents is 1. The van der Waals surface area contributed by atoms with Crippen LogP contribution in [0.5, 0.6) is 5.75 Å². The maximum absolute atomic E-state index is 15.0. The fourth-order valence-corrected chi connectivity index (χ4v) is 12.4. The molecule has 0 unspecified atom stereocenters. The second kappa shape index (κ2) is 40.8. The van der Waals surface area contributed by atoms with Crippen LogP contribution in [-0.4, -0.2) is 195 Å². The number of carbonyl (C=O) groups excluding carboxylic acids is 10. The van der Waals surface area contributed by atoms with E-state index in [1.807, 2.05) is 42.5 Å². The van der Waals surface area contributed by atoms with E-state index in [4.69, 9.17) is 22.9 Å². The molecule has 1 heterocycles. The highest BCUT2D eigenvalue weighted by molar-refractivity contribution is 5.99. The summed E-state index contributed by atoms with van der Waals surface area (Å²) in [6.45, 7) is 2.91. The number of rotatable bonds is 39. The summed E-state index contributed by atoms with van der Waals surface area (Å²) >= 11 is 0. The van der Waals surface area contributed by atoms with Gasteiger partial charge in [-0.15, -0.1) is 0 Å². The molecular weight excluding hydrogens is 1360 g/mol. The molecule has 0 bridgehead atoms. The maximum Gasteiger partial charge on any atom is 0.326 e. The van der Waals surface area contributed by atoms with Crippen LogP contribution in [0.15, 0.2) is 168 Å². The van der Waals surface area contributed by atoms with Gasteiger partial charge in [-0.2, -0.15) is 0 Å². The summed E-state index contributed by atoms with van der Waals surface area (Å²) in [6, 6.07) is 31.2. The number of carboxylic acids is 1. The number of hydrogen-bond acceptors (Lipinski definition) is 15. The van der Waals surface area contributed by atoms with Crippen molar-refractivity contribution in [2.45, 2.75) is 152 Å². The number of nitrogens with one attached hydrogen (secondary N) is 8. The Morgan fingerprint density at radius 1 is 0.472 bits per heavy atom. The van der Waals surface area contributed by atoms with Crippen LogP contribution >= 0.6 is 0 Å². The first-order chi connectivity index (χ1) is 50.7. The number of carboxylic acid groups (broad SMARTS) is 1. The van der Waals surface area contributed by atoms with Gasteiger partial charge in [-0.1, -0.05) is 146 Å². The van der Waals surface area contributed by atoms with Crippen molar-refractivity contribution in [1.29, 1.82) is 0 Å². The molecule has 0 radical (unpaired) electrons. The van der Waals surface area contributed by atoms with E-state index < -0.39 is 132 Å². The third-order valence-electron chi connectivity index (χ3n) is 18.0. The number of phenols is 1. The molecule has 564 valence electrons. The number of nitrogens with zero attached hydrogens (tertiary/aromatic N) is 4. The van der Waals surface area contributed by atoms with Crippen molar-refractivity contribution in [1.82, 2.24) is 52.3 Å². The van der Waals surface area contributed by atoms with Gasteiger partial charge in [0.2, 0.25) is 59.1 Å². The van der Waals surface area contributed by atoms with Crippen LogP contribution in [0.4, 0.5) is 0 Å². The summed E-state index contributed by atoms with van der Waals surface area (Å²) in [7, 11) is 0. The van der Waals surface area contributed by atoms with Crippen molar-refractivity contribution >= 4 is 87.7 Å². The van der Waals surface area contributed by atoms with Gasteiger partial charge in [0.15, 0.2) is 11.9 Å². The molecule has 30 heteroatoms. The highest BCUT2D eigenvalue weighted by atomic mass is 16.4. The monoisotopic (exact) mass is 1460 g/mol. The van der Waals surface area contributed by atoms with E-state index in [0.717, 1.165) is 21.2 Å². The molecule has 6 aromatic rings. The molecule has 1 aliphatic rings. The molecule has 1 aliphatic heterocycles. The van der Waals surface area contributed by atoms with Crippen molar-refractivity contribution in [2.75, 3.05) is 32.8 Å². The maximum atomic E-state index is 15.0. The number of amides is 10. The van der Waals surface area contributed by atoms with Gasteiger partial charge in [0.05, 0.1) is 6.61 Å². The average molecular weight is 1460 g/mol. The van der Waals surface area contributed by atoms with Crippen LogP contribution in [0.3, 0.4) is 0 Å². The molecule has 1 saturated heterocycles. The van der Waals surface area contributed by atoms with Crippen LogP contribution in [0.25, 0.3) is 10.8 Å². The number of aliphatic hydroxyl groups excluding tert-OH is 1. The normalized spacial score (nSPS) is 15.0. The quantitative estimate of drug-likeness (QED) is 0.0141. The lowest BCUT2D eigenvalue weighted by Crippen LogP contribution is -2.61. The molecule has 0 saturated carbocycles. The zero-order valence-electron chi connectivity index (χ0n) is 59.5. The Morgan fingerprint density at radius 3 is 1.27 bits per heavy atom. The number of aliphatic carboxylic acids is 1. The van der Waals surface area contributed by atoms with Crippen LogP contribution in [0.1, 0.15) is 87.1 Å². The topological polar surface area (TPSA) is 480 Å². The van der Waals surface area contributed by atoms with Crippen LogP contribution in [0, 0.1) is 0 Å². The first kappa shape index (κ1) is 81.3. The summed E-state index contributed by atoms with van der Waals surface area (Å²) in [5, 5.41) is 54.7. The summed E-state index contributed by atoms with van der Waals surface area (Å²) in [5.74, 6) is -9.78. The van der Waals surface area contributed by atoms with E-state index in [1.54, 1.807) is 91.0 Å². The molecule has 6 aromatic carbocycles. The second-order valence-electron chi connectivity index (χ2n) is 26.1. The number of aliphatic imine (C=N–C) groups is 2. The molecule has 1 fully saturated rings. The summed E-state index contributed by atoms with van der Waals surface area (Å²) < 4.78 is 0. The number of guanidine groups is 2. The number of likely N-dealkylation sites (tertiary alicyclic amines) is 1. The summed E-state index contributed by atoms with van der Waals surface area (Å²) in [5.41, 5.74) is 25.4. The van der Waals surface area contributed by atoms with E-state index in [9.17, 15) is 58.5 Å². The third-order valence-corrected chi connectivity index (χ3v) is 18.0. The summed E-state index contributed by atoms with van der Waals surface area (Å²) in [4.78, 5) is 167. The van der Waals surface area contributed by atoms with Gasteiger partial charge < -0.3 is 90.6 Å². The number of carbonyl (C=O) groups is 11. The van der Waals surface area contributed by atoms with Gasteiger partial charge >= 0.3 is 5.97 Å². The fraction of sp³-hybridized carbons (Fsp3) is 0.382. The Kier molecular flexibility index (Phi) is 31.3. The smallest absolute Gasteiger partial charge is 0.326 e. The molecule has 0 aromatic heterocycles. The van der Waals surface area contributed by atoms with Crippen LogP contribution in [-0.2, 0) is 84.8 Å². The molecule has 30 nitrogen and oxygen atoms in total. The predicted octanol–water partition coefficient (Wildman–Crippen LogP) is 0.369. The minimum atomic E-state index is -1.82. The van der Waals surface area contributed by atoms with E-state index in [0.29, 0.717) is 35.1 Å². The number of benzene rings is 6. The van der Waals surface area contributed by atoms with Gasteiger partial charge in [-0.05, 0) is 96.2 Å². The molecule has 10 amide bonds. The Morgan fingerprint density at radius 2 is 0.840 bits per heavy atom. The second-order valence-corrected chi connectivity index (χ2v) is 26.1. The minimum absolute atomic E-state index is 0.0175. The zero-order chi connectivity index (χ0) is 76.8. The SMILES string of the molecule is CC(=O)N[C@@H](Cc1ccc2ccccc2c1)C(=O)N[C@@H](Cc1ccccc1)C(=O)N[C@@H](Cc1ccccc1)C(=O)N[C@@H](CO)C(=O)N[C@@H](Cc1ccc(O)cc1)C(=O)N[C@@H](CCCN=C(N)N)C(=O)N[C@@H](Cc1ccccc1)C(=O)N[C@@H](CCCN=C(N)N)C(=O)N1CCC[C@@H]1CN(C(C)=O)[C@@H](C)C(=O)O. The lowest BCUT2D eigenvalue weighted by molar-refractivity contribution is -0.149. The highest BCUT2D eigenvalue weighted by Crippen LogP contribution is 2.23. The van der Waals surface area contributed by atoms with Crippen LogP contribution < -0.4 is 65.5 Å². The molecule has 0 spiro atoms. The number of aliphatic hydroxyl groups is 1. The average Bonchev–Trinajstić information content (AvgIpc) is 1.34. The first-order valence-electron chi connectivity index (χ1n) is 35.0. The van der Waals surface area contributed by atoms with E-state index in [1.165, 1.54) is 49.9 Å². The number of nitrogens with two attached hydrogens (primary N) is 4. The van der Waals surface area contributed by atoms with Crippen molar-refractivity contribution in [3.05, 3.63) is 186 Å². The van der Waals surface area contributed by atoms with Crippen molar-refractivity contribution < 1.29 is 68.1 Å². The highest BCUT2D eigenvalue weighted by Gasteiger charge is 2.40. The van der Waals surface area contributed by atoms with Gasteiger partial charge in [-0.3, -0.25) is 57.9 Å². The van der Waals surface area contributed by atoms with Crippen molar-refractivity contribution in [2.24, 2.45) is 32.9 Å². The van der Waals surface area contributed by atoms with E-state index in [-0.39, 0.29) is 102 Å². The fourth-order valence-electron chi connectivity index (χ4n) is 12.4. The van der Waals surface area contributed by atoms with Gasteiger partial charge in [0, 0.05) is 78.2 Å². The Bertz CT molecular complexity index is 4050. The van der Waals surface area contributed by atoms with Gasteiger partial charge in [0.25, 0.3) is 0 Å². The van der Waals surface area contributed by atoms with Gasteiger partial charge in [-0.25, -0.2) is 4.79 Å². The predicted molar refractivity (Wildman–Crippen MR) is 397 cm³/mol. The summed E-state index contributed by atoms with van der Waals surface area (Å²) in [6.07, 6.45) is 0.263. The Balaban J connectivity index is 1.14. The lowest BCUT2D eigenvalue weighted by Gasteiger charge is -2.34. The van der Waals surface area contributed by atoms with Gasteiger partial charge in [0.1, 0.15) is 60.1 Å². The third kappa shape index (κ3) is 25.8. The van der Waals surface area contributed by atoms with E-state index in [2.05, 4.69) is 52.5 Å².